The maximum Gasteiger partial charge on any atom is 0.126 e. The van der Waals surface area contributed by atoms with Crippen LogP contribution in [0, 0.1) is 0 Å². The number of anilines is 1. The van der Waals surface area contributed by atoms with Crippen molar-refractivity contribution in [3.05, 3.63) is 82.4 Å². The molecule has 0 spiro atoms. The lowest BCUT2D eigenvalue weighted by Crippen LogP contribution is -2.09. The van der Waals surface area contributed by atoms with Crippen LogP contribution in [0.4, 0.5) is 5.69 Å². The summed E-state index contributed by atoms with van der Waals surface area (Å²) < 4.78 is 0. The Balaban J connectivity index is 1.49. The first-order valence-electron chi connectivity index (χ1n) is 11.0. The van der Waals surface area contributed by atoms with Crippen molar-refractivity contribution in [3.8, 4) is 11.1 Å². The highest BCUT2D eigenvalue weighted by molar-refractivity contribution is 7.21. The van der Waals surface area contributed by atoms with Crippen LogP contribution in [-0.4, -0.2) is 10.7 Å². The first kappa shape index (κ1) is 18.6. The predicted octanol–water partition coefficient (Wildman–Crippen LogP) is 5.86. The Kier molecular flexibility index (Phi) is 4.50. The second-order valence-corrected chi connectivity index (χ2v) is 9.36. The molecular formula is C26H24N4S. The number of hydrogen-bond donors (Lipinski definition) is 2. The number of aryl methyl sites for hydroxylation is 1. The van der Waals surface area contributed by atoms with Gasteiger partial charge in [0.1, 0.15) is 4.83 Å². The van der Waals surface area contributed by atoms with Gasteiger partial charge in [0.2, 0.25) is 0 Å². The van der Waals surface area contributed by atoms with Crippen LogP contribution in [0.2, 0.25) is 0 Å². The maximum atomic E-state index is 6.84. The number of hydrazone groups is 1. The summed E-state index contributed by atoms with van der Waals surface area (Å²) in [6.07, 6.45) is 5.39. The van der Waals surface area contributed by atoms with Gasteiger partial charge in [-0.2, -0.15) is 5.10 Å². The molecule has 0 saturated heterocycles. The maximum absolute atomic E-state index is 6.84. The van der Waals surface area contributed by atoms with E-state index in [1.807, 2.05) is 6.07 Å². The molecule has 3 heterocycles. The Morgan fingerprint density at radius 3 is 2.48 bits per heavy atom. The summed E-state index contributed by atoms with van der Waals surface area (Å²) in [5, 5.41) is 5.80. The second kappa shape index (κ2) is 7.50. The van der Waals surface area contributed by atoms with E-state index in [1.165, 1.54) is 40.8 Å². The zero-order valence-electron chi connectivity index (χ0n) is 17.3. The van der Waals surface area contributed by atoms with Gasteiger partial charge in [-0.3, -0.25) is 0 Å². The average molecular weight is 425 g/mol. The molecule has 1 aliphatic carbocycles. The Bertz CT molecular complexity index is 1290. The molecule has 2 aromatic heterocycles. The number of pyridine rings is 1. The number of aromatic nitrogens is 1. The van der Waals surface area contributed by atoms with Crippen molar-refractivity contribution in [2.75, 3.05) is 5.73 Å². The molecule has 0 saturated carbocycles. The monoisotopic (exact) mass is 424 g/mol. The van der Waals surface area contributed by atoms with Crippen LogP contribution in [-0.2, 0) is 12.8 Å². The van der Waals surface area contributed by atoms with Gasteiger partial charge in [-0.05, 0) is 47.9 Å². The van der Waals surface area contributed by atoms with Crippen molar-refractivity contribution in [2.24, 2.45) is 5.10 Å². The first-order valence-corrected chi connectivity index (χ1v) is 11.8. The number of nitrogens with two attached hydrogens (primary N) is 1. The van der Waals surface area contributed by atoms with Gasteiger partial charge in [-0.15, -0.1) is 11.3 Å². The zero-order valence-corrected chi connectivity index (χ0v) is 18.1. The number of nitrogens with zero attached hydrogens (tertiary/aromatic N) is 2. The van der Waals surface area contributed by atoms with Gasteiger partial charge >= 0.3 is 0 Å². The van der Waals surface area contributed by atoms with Crippen LogP contribution < -0.4 is 11.2 Å². The average Bonchev–Trinajstić information content (AvgIpc) is 3.44. The van der Waals surface area contributed by atoms with E-state index in [0.29, 0.717) is 0 Å². The lowest BCUT2D eigenvalue weighted by Gasteiger charge is -2.20. The number of thiophene rings is 1. The normalized spacial score (nSPS) is 17.9. The van der Waals surface area contributed by atoms with Crippen LogP contribution in [0.15, 0.2) is 65.8 Å². The molecule has 5 heteroatoms. The third-order valence-corrected chi connectivity index (χ3v) is 7.58. The molecule has 1 unspecified atom stereocenters. The highest BCUT2D eigenvalue weighted by atomic mass is 32.1. The van der Waals surface area contributed by atoms with Crippen molar-refractivity contribution < 1.29 is 0 Å². The van der Waals surface area contributed by atoms with Crippen molar-refractivity contribution in [1.82, 2.24) is 10.4 Å². The SMILES string of the molecule is Nc1c(C2=NNC(c3ccccc3)C2)sc2nc3c(c(-c4ccccc4)c12)CCCC3. The molecule has 31 heavy (non-hydrogen) atoms. The van der Waals surface area contributed by atoms with E-state index in [0.717, 1.165) is 45.8 Å². The van der Waals surface area contributed by atoms with E-state index in [9.17, 15) is 0 Å². The summed E-state index contributed by atoms with van der Waals surface area (Å²) in [6, 6.07) is 21.3. The predicted molar refractivity (Wildman–Crippen MR) is 130 cm³/mol. The van der Waals surface area contributed by atoms with Gasteiger partial charge < -0.3 is 11.2 Å². The summed E-state index contributed by atoms with van der Waals surface area (Å²) in [5.74, 6) is 0. The quantitative estimate of drug-likeness (QED) is 0.433. The first-order chi connectivity index (χ1) is 15.3. The Morgan fingerprint density at radius 2 is 1.68 bits per heavy atom. The fourth-order valence-corrected chi connectivity index (χ4v) is 6.03. The molecule has 2 aromatic carbocycles. The molecule has 0 amide bonds. The van der Waals surface area contributed by atoms with Crippen molar-refractivity contribution in [1.29, 1.82) is 0 Å². The van der Waals surface area contributed by atoms with Gasteiger partial charge in [0.25, 0.3) is 0 Å². The summed E-state index contributed by atoms with van der Waals surface area (Å²) in [7, 11) is 0. The minimum atomic E-state index is 0.190. The Morgan fingerprint density at radius 1 is 0.935 bits per heavy atom. The van der Waals surface area contributed by atoms with Crippen molar-refractivity contribution in [3.63, 3.8) is 0 Å². The number of nitrogens with one attached hydrogen (secondary N) is 1. The van der Waals surface area contributed by atoms with Crippen LogP contribution >= 0.6 is 11.3 Å². The minimum Gasteiger partial charge on any atom is -0.397 e. The second-order valence-electron chi connectivity index (χ2n) is 8.37. The lowest BCUT2D eigenvalue weighted by atomic mass is 9.87. The topological polar surface area (TPSA) is 63.3 Å². The largest absolute Gasteiger partial charge is 0.397 e. The number of benzene rings is 2. The van der Waals surface area contributed by atoms with Gasteiger partial charge in [0.15, 0.2) is 0 Å². The molecule has 1 atom stereocenters. The molecule has 154 valence electrons. The Labute approximate surface area is 185 Å². The molecule has 4 aromatic rings. The fraction of sp³-hybridized carbons (Fsp3) is 0.231. The van der Waals surface area contributed by atoms with Crippen LogP contribution in [0.3, 0.4) is 0 Å². The van der Waals surface area contributed by atoms with E-state index in [-0.39, 0.29) is 6.04 Å². The van der Waals surface area contributed by atoms with Crippen molar-refractivity contribution in [2.45, 2.75) is 38.1 Å². The van der Waals surface area contributed by atoms with Crippen LogP contribution in [0.5, 0.6) is 0 Å². The molecule has 0 fully saturated rings. The van der Waals surface area contributed by atoms with E-state index in [1.54, 1.807) is 11.3 Å². The van der Waals surface area contributed by atoms with E-state index < -0.39 is 0 Å². The summed E-state index contributed by atoms with van der Waals surface area (Å²) in [4.78, 5) is 7.20. The fourth-order valence-electron chi connectivity index (χ4n) is 4.91. The summed E-state index contributed by atoms with van der Waals surface area (Å²) >= 11 is 1.69. The molecule has 6 rings (SSSR count). The van der Waals surface area contributed by atoms with Gasteiger partial charge in [-0.1, -0.05) is 60.7 Å². The Hall–Kier alpha value is -3.18. The number of fused-ring (bicyclic) bond motifs is 2. The molecule has 1 aliphatic heterocycles. The van der Waals surface area contributed by atoms with Gasteiger partial charge in [0, 0.05) is 17.5 Å². The number of hydrogen-bond acceptors (Lipinski definition) is 5. The minimum absolute atomic E-state index is 0.190. The number of nitrogen functional groups attached to an aromatic ring is 1. The molecular weight excluding hydrogens is 400 g/mol. The lowest BCUT2D eigenvalue weighted by molar-refractivity contribution is 0.620. The molecule has 0 radical (unpaired) electrons. The summed E-state index contributed by atoms with van der Waals surface area (Å²) in [5.41, 5.74) is 18.4. The molecule has 2 aliphatic rings. The molecule has 0 bridgehead atoms. The van der Waals surface area contributed by atoms with Gasteiger partial charge in [0.05, 0.1) is 22.3 Å². The van der Waals surface area contributed by atoms with Crippen molar-refractivity contribution >= 4 is 33.0 Å². The molecule has 4 nitrogen and oxygen atoms in total. The van der Waals surface area contributed by atoms with Crippen LogP contribution in [0.1, 0.15) is 47.0 Å². The zero-order chi connectivity index (χ0) is 20.8. The van der Waals surface area contributed by atoms with Gasteiger partial charge in [-0.25, -0.2) is 4.98 Å². The van der Waals surface area contributed by atoms with Crippen LogP contribution in [0.25, 0.3) is 21.3 Å². The van der Waals surface area contributed by atoms with E-state index >= 15 is 0 Å². The highest BCUT2D eigenvalue weighted by Crippen LogP contribution is 2.44. The third-order valence-electron chi connectivity index (χ3n) is 6.43. The molecule has 3 N–H and O–H groups in total. The summed E-state index contributed by atoms with van der Waals surface area (Å²) in [6.45, 7) is 0. The standard InChI is InChI=1S/C26H24N4S/c27-24-23-22(17-11-5-2-6-12-17)18-13-7-8-14-19(18)28-26(23)31-25(24)21-15-20(29-30-21)16-9-3-1-4-10-16/h1-6,9-12,20,29H,7-8,13-15,27H2. The number of rotatable bonds is 3. The van der Waals surface area contributed by atoms with E-state index in [2.05, 4.69) is 65.1 Å². The smallest absolute Gasteiger partial charge is 0.126 e. The van der Waals surface area contributed by atoms with E-state index in [4.69, 9.17) is 10.7 Å². The highest BCUT2D eigenvalue weighted by Gasteiger charge is 2.28. The third kappa shape index (κ3) is 3.12.